The van der Waals surface area contributed by atoms with Crippen LogP contribution in [-0.2, 0) is 6.54 Å². The van der Waals surface area contributed by atoms with Gasteiger partial charge in [-0.1, -0.05) is 0 Å². The van der Waals surface area contributed by atoms with Crippen molar-refractivity contribution in [3.8, 4) is 0 Å². The van der Waals surface area contributed by atoms with Gasteiger partial charge in [-0.05, 0) is 41.6 Å². The molecule has 0 radical (unpaired) electrons. The zero-order valence-electron chi connectivity index (χ0n) is 8.43. The normalized spacial score (nSPS) is 10.4. The fraction of sp³-hybridized carbons (Fsp3) is 0.0909. The number of aromatic nitrogens is 2. The van der Waals surface area contributed by atoms with Crippen LogP contribution in [0, 0.1) is 5.82 Å². The fourth-order valence-corrected chi connectivity index (χ4v) is 2.08. The summed E-state index contributed by atoms with van der Waals surface area (Å²) in [5.74, 6) is -0.279. The third kappa shape index (κ3) is 2.56. The molecule has 2 N–H and O–H groups in total. The molecule has 0 spiro atoms. The Morgan fingerprint density at radius 3 is 2.69 bits per heavy atom. The Hall–Kier alpha value is -1.46. The Kier molecular flexibility index (Phi) is 3.48. The molecule has 1 aromatic heterocycles. The zero-order valence-corrected chi connectivity index (χ0v) is 9.25. The van der Waals surface area contributed by atoms with Crippen molar-refractivity contribution in [1.29, 1.82) is 0 Å². The van der Waals surface area contributed by atoms with Gasteiger partial charge in [-0.3, -0.25) is 0 Å². The molecule has 16 heavy (non-hydrogen) atoms. The van der Waals surface area contributed by atoms with Gasteiger partial charge in [0.2, 0.25) is 0 Å². The SMILES string of the molecule is NCc1cc(F)ccc1Sc1ncccn1. The van der Waals surface area contributed by atoms with E-state index in [1.807, 2.05) is 0 Å². The van der Waals surface area contributed by atoms with Crippen LogP contribution in [0.5, 0.6) is 0 Å². The highest BCUT2D eigenvalue weighted by Gasteiger charge is 2.06. The monoisotopic (exact) mass is 235 g/mol. The smallest absolute Gasteiger partial charge is 0.192 e. The van der Waals surface area contributed by atoms with Gasteiger partial charge in [0.05, 0.1) is 0 Å². The molecule has 1 heterocycles. The van der Waals surface area contributed by atoms with Crippen LogP contribution in [-0.4, -0.2) is 9.97 Å². The van der Waals surface area contributed by atoms with Crippen molar-refractivity contribution in [1.82, 2.24) is 9.97 Å². The lowest BCUT2D eigenvalue weighted by Gasteiger charge is -2.05. The molecule has 0 aliphatic carbocycles. The topological polar surface area (TPSA) is 51.8 Å². The van der Waals surface area contributed by atoms with E-state index in [4.69, 9.17) is 5.73 Å². The van der Waals surface area contributed by atoms with Crippen LogP contribution in [0.25, 0.3) is 0 Å². The van der Waals surface area contributed by atoms with Gasteiger partial charge >= 0.3 is 0 Å². The van der Waals surface area contributed by atoms with Crippen molar-refractivity contribution in [2.45, 2.75) is 16.6 Å². The molecule has 0 bridgehead atoms. The third-order valence-corrected chi connectivity index (χ3v) is 3.00. The van der Waals surface area contributed by atoms with E-state index in [0.29, 0.717) is 11.7 Å². The van der Waals surface area contributed by atoms with Crippen LogP contribution in [0.15, 0.2) is 46.7 Å². The third-order valence-electron chi connectivity index (χ3n) is 1.99. The Labute approximate surface area is 96.9 Å². The summed E-state index contributed by atoms with van der Waals surface area (Å²) in [5, 5.41) is 0.629. The summed E-state index contributed by atoms with van der Waals surface area (Å²) >= 11 is 1.38. The maximum absolute atomic E-state index is 13.0. The first-order valence-corrected chi connectivity index (χ1v) is 5.54. The van der Waals surface area contributed by atoms with Gasteiger partial charge in [0.1, 0.15) is 5.82 Å². The highest BCUT2D eigenvalue weighted by molar-refractivity contribution is 7.99. The lowest BCUT2D eigenvalue weighted by atomic mass is 10.2. The molecule has 0 saturated carbocycles. The summed E-state index contributed by atoms with van der Waals surface area (Å²) in [5.41, 5.74) is 6.31. The molecular weight excluding hydrogens is 225 g/mol. The lowest BCUT2D eigenvalue weighted by molar-refractivity contribution is 0.623. The Bertz CT molecular complexity index is 476. The molecule has 82 valence electrons. The van der Waals surface area contributed by atoms with Crippen molar-refractivity contribution in [3.05, 3.63) is 48.0 Å². The van der Waals surface area contributed by atoms with E-state index >= 15 is 0 Å². The van der Waals surface area contributed by atoms with Crippen molar-refractivity contribution in [2.75, 3.05) is 0 Å². The summed E-state index contributed by atoms with van der Waals surface area (Å²) < 4.78 is 13.0. The second kappa shape index (κ2) is 5.05. The first-order chi connectivity index (χ1) is 7.79. The van der Waals surface area contributed by atoms with Crippen molar-refractivity contribution in [3.63, 3.8) is 0 Å². The van der Waals surface area contributed by atoms with Gasteiger partial charge in [0, 0.05) is 23.8 Å². The predicted octanol–water partition coefficient (Wildman–Crippen LogP) is 2.23. The second-order valence-corrected chi connectivity index (χ2v) is 4.10. The number of rotatable bonds is 3. The molecule has 0 fully saturated rings. The summed E-state index contributed by atoms with van der Waals surface area (Å²) in [6.45, 7) is 0.299. The van der Waals surface area contributed by atoms with Crippen LogP contribution in [0.4, 0.5) is 4.39 Å². The van der Waals surface area contributed by atoms with Crippen LogP contribution < -0.4 is 5.73 Å². The van der Waals surface area contributed by atoms with Gasteiger partial charge in [-0.2, -0.15) is 0 Å². The van der Waals surface area contributed by atoms with Crippen LogP contribution in [0.1, 0.15) is 5.56 Å². The first-order valence-electron chi connectivity index (χ1n) is 4.73. The minimum atomic E-state index is -0.279. The molecule has 0 amide bonds. The van der Waals surface area contributed by atoms with Crippen molar-refractivity contribution >= 4 is 11.8 Å². The molecule has 0 aliphatic rings. The molecular formula is C11H10FN3S. The summed E-state index contributed by atoms with van der Waals surface area (Å²) in [4.78, 5) is 9.06. The van der Waals surface area contributed by atoms with Crippen molar-refractivity contribution < 1.29 is 4.39 Å². The molecule has 1 aromatic carbocycles. The summed E-state index contributed by atoms with van der Waals surface area (Å²) in [6.07, 6.45) is 3.34. The Morgan fingerprint density at radius 1 is 1.25 bits per heavy atom. The first kappa shape index (κ1) is 11.0. The predicted molar refractivity (Wildman–Crippen MR) is 60.4 cm³/mol. The summed E-state index contributed by atoms with van der Waals surface area (Å²) in [7, 11) is 0. The van der Waals surface area contributed by atoms with Gasteiger partial charge in [-0.15, -0.1) is 0 Å². The molecule has 0 saturated heterocycles. The van der Waals surface area contributed by atoms with Gasteiger partial charge < -0.3 is 5.73 Å². The van der Waals surface area contributed by atoms with E-state index < -0.39 is 0 Å². The number of hydrogen-bond donors (Lipinski definition) is 1. The van der Waals surface area contributed by atoms with E-state index in [-0.39, 0.29) is 5.82 Å². The van der Waals surface area contributed by atoms with Crippen molar-refractivity contribution in [2.24, 2.45) is 5.73 Å². The van der Waals surface area contributed by atoms with E-state index in [2.05, 4.69) is 9.97 Å². The van der Waals surface area contributed by atoms with E-state index in [1.54, 1.807) is 24.5 Å². The van der Waals surface area contributed by atoms with Gasteiger partial charge in [0.15, 0.2) is 5.16 Å². The number of halogens is 1. The largest absolute Gasteiger partial charge is 0.326 e. The number of benzene rings is 1. The summed E-state index contributed by atoms with van der Waals surface area (Å²) in [6, 6.07) is 6.28. The van der Waals surface area contributed by atoms with Crippen LogP contribution >= 0.6 is 11.8 Å². The fourth-order valence-electron chi connectivity index (χ4n) is 1.24. The quantitative estimate of drug-likeness (QED) is 0.829. The Balaban J connectivity index is 2.28. The van der Waals surface area contributed by atoms with Gasteiger partial charge in [-0.25, -0.2) is 14.4 Å². The minimum absolute atomic E-state index is 0.279. The molecule has 2 aromatic rings. The Morgan fingerprint density at radius 2 is 2.00 bits per heavy atom. The maximum Gasteiger partial charge on any atom is 0.192 e. The highest BCUT2D eigenvalue weighted by Crippen LogP contribution is 2.27. The zero-order chi connectivity index (χ0) is 11.4. The van der Waals surface area contributed by atoms with Gasteiger partial charge in [0.25, 0.3) is 0 Å². The average molecular weight is 235 g/mol. The molecule has 0 unspecified atom stereocenters. The lowest BCUT2D eigenvalue weighted by Crippen LogP contribution is -1.99. The maximum atomic E-state index is 13.0. The van der Waals surface area contributed by atoms with E-state index in [1.165, 1.54) is 23.9 Å². The molecule has 2 rings (SSSR count). The number of nitrogens with zero attached hydrogens (tertiary/aromatic N) is 2. The molecule has 3 nitrogen and oxygen atoms in total. The van der Waals surface area contributed by atoms with E-state index in [0.717, 1.165) is 10.5 Å². The highest BCUT2D eigenvalue weighted by atomic mass is 32.2. The minimum Gasteiger partial charge on any atom is -0.326 e. The van der Waals surface area contributed by atoms with Crippen LogP contribution in [0.3, 0.4) is 0 Å². The standard InChI is InChI=1S/C11H10FN3S/c12-9-2-3-10(8(6-9)7-13)16-11-14-4-1-5-15-11/h1-6H,7,13H2. The number of hydrogen-bond acceptors (Lipinski definition) is 4. The number of nitrogens with two attached hydrogens (primary N) is 1. The molecule has 5 heteroatoms. The molecule has 0 aliphatic heterocycles. The molecule has 0 atom stereocenters. The average Bonchev–Trinajstić information content (AvgIpc) is 2.33. The van der Waals surface area contributed by atoms with Crippen LogP contribution in [0.2, 0.25) is 0 Å². The van der Waals surface area contributed by atoms with E-state index in [9.17, 15) is 4.39 Å². The second-order valence-electron chi connectivity index (χ2n) is 3.09.